The minimum atomic E-state index is -0.137. The molecule has 3 nitrogen and oxygen atoms in total. The number of carbonyl (C=O) groups excluding carboxylic acids is 1. The number of hydrogen-bond acceptors (Lipinski definition) is 4. The quantitative estimate of drug-likeness (QED) is 0.773. The fraction of sp³-hybridized carbons (Fsp3) is 0.385. The number of rotatable bonds is 3. The van der Waals surface area contributed by atoms with Crippen LogP contribution in [0.5, 0.6) is 0 Å². The summed E-state index contributed by atoms with van der Waals surface area (Å²) in [5.41, 5.74) is 1.02. The Hall–Kier alpha value is -1.29. The first-order valence-electron chi connectivity index (χ1n) is 5.57. The minimum Gasteiger partial charge on any atom is -0.461 e. The summed E-state index contributed by atoms with van der Waals surface area (Å²) in [6.45, 7) is 0.925. The van der Waals surface area contributed by atoms with E-state index < -0.39 is 0 Å². The molecule has 90 valence electrons. The lowest BCUT2D eigenvalue weighted by Gasteiger charge is -2.09. The van der Waals surface area contributed by atoms with E-state index in [0.717, 1.165) is 17.0 Å². The number of thioether (sulfide) groups is 1. The molecule has 1 atom stereocenters. The number of aliphatic imine (C=N–C) groups is 1. The van der Waals surface area contributed by atoms with Gasteiger partial charge in [-0.2, -0.15) is 0 Å². The minimum absolute atomic E-state index is 0.0823. The normalized spacial score (nSPS) is 18.9. The number of benzene rings is 1. The van der Waals surface area contributed by atoms with E-state index in [0.29, 0.717) is 13.2 Å². The van der Waals surface area contributed by atoms with Crippen LogP contribution in [0.15, 0.2) is 35.3 Å². The molecule has 0 spiro atoms. The van der Waals surface area contributed by atoms with Crippen molar-refractivity contribution in [2.75, 3.05) is 12.8 Å². The lowest BCUT2D eigenvalue weighted by molar-refractivity contribution is -0.149. The first-order chi connectivity index (χ1) is 8.29. The molecular weight excluding hydrogens is 234 g/mol. The summed E-state index contributed by atoms with van der Waals surface area (Å²) in [7, 11) is 0. The lowest BCUT2D eigenvalue weighted by Crippen LogP contribution is -2.18. The molecule has 4 heteroatoms. The van der Waals surface area contributed by atoms with Gasteiger partial charge in [0.05, 0.1) is 17.5 Å². The van der Waals surface area contributed by atoms with Crippen molar-refractivity contribution in [3.8, 4) is 0 Å². The highest BCUT2D eigenvalue weighted by Crippen LogP contribution is 2.21. The number of carbonyl (C=O) groups is 1. The van der Waals surface area contributed by atoms with E-state index in [1.54, 1.807) is 11.8 Å². The second kappa shape index (κ2) is 5.87. The van der Waals surface area contributed by atoms with E-state index in [-0.39, 0.29) is 11.9 Å². The van der Waals surface area contributed by atoms with E-state index in [2.05, 4.69) is 4.99 Å². The van der Waals surface area contributed by atoms with Gasteiger partial charge in [-0.3, -0.25) is 9.79 Å². The van der Waals surface area contributed by atoms with Gasteiger partial charge in [-0.25, -0.2) is 0 Å². The van der Waals surface area contributed by atoms with Crippen LogP contribution < -0.4 is 0 Å². The van der Waals surface area contributed by atoms with Crippen LogP contribution >= 0.6 is 11.8 Å². The molecule has 17 heavy (non-hydrogen) atoms. The summed E-state index contributed by atoms with van der Waals surface area (Å²) in [4.78, 5) is 16.1. The third-order valence-corrected chi connectivity index (χ3v) is 3.47. The van der Waals surface area contributed by atoms with Crippen molar-refractivity contribution in [1.82, 2.24) is 0 Å². The van der Waals surface area contributed by atoms with E-state index in [1.807, 2.05) is 36.6 Å². The highest BCUT2D eigenvalue weighted by Gasteiger charge is 2.26. The predicted octanol–water partition coefficient (Wildman–Crippen LogP) is 2.51. The number of esters is 1. The molecule has 0 aliphatic carbocycles. The SMILES string of the molecule is CSC1=NCC(C(=O)OCc2ccccc2)C1. The fourth-order valence-electron chi connectivity index (χ4n) is 1.70. The van der Waals surface area contributed by atoms with Crippen LogP contribution in [0.2, 0.25) is 0 Å². The standard InChI is InChI=1S/C13H15NO2S/c1-17-12-7-11(8-14-12)13(15)16-9-10-5-3-2-4-6-10/h2-6,11H,7-9H2,1H3. The Morgan fingerprint density at radius 1 is 1.47 bits per heavy atom. The summed E-state index contributed by atoms with van der Waals surface area (Å²) in [5.74, 6) is -0.220. The molecule has 0 N–H and O–H groups in total. The molecule has 2 rings (SSSR count). The van der Waals surface area contributed by atoms with Crippen molar-refractivity contribution >= 4 is 22.8 Å². The van der Waals surface area contributed by atoms with Gasteiger partial charge in [0, 0.05) is 6.42 Å². The summed E-state index contributed by atoms with van der Waals surface area (Å²) >= 11 is 1.61. The van der Waals surface area contributed by atoms with Crippen molar-refractivity contribution in [1.29, 1.82) is 0 Å². The molecule has 0 bridgehead atoms. The molecule has 1 aliphatic heterocycles. The van der Waals surface area contributed by atoms with Crippen LogP contribution in [0.3, 0.4) is 0 Å². The largest absolute Gasteiger partial charge is 0.461 e. The van der Waals surface area contributed by atoms with Crippen molar-refractivity contribution in [3.05, 3.63) is 35.9 Å². The summed E-state index contributed by atoms with van der Waals surface area (Å²) in [5, 5.41) is 1.05. The molecule has 0 amide bonds. The summed E-state index contributed by atoms with van der Waals surface area (Å²) in [6, 6.07) is 9.72. The second-order valence-electron chi connectivity index (χ2n) is 3.93. The third-order valence-electron chi connectivity index (χ3n) is 2.70. The van der Waals surface area contributed by atoms with Crippen molar-refractivity contribution in [2.24, 2.45) is 10.9 Å². The molecule has 1 aromatic rings. The van der Waals surface area contributed by atoms with Crippen LogP contribution in [-0.2, 0) is 16.1 Å². The Balaban J connectivity index is 1.79. The zero-order valence-corrected chi connectivity index (χ0v) is 10.6. The predicted molar refractivity (Wildman–Crippen MR) is 70.2 cm³/mol. The molecule has 1 heterocycles. The number of nitrogens with zero attached hydrogens (tertiary/aromatic N) is 1. The van der Waals surface area contributed by atoms with Gasteiger partial charge in [-0.15, -0.1) is 11.8 Å². The topological polar surface area (TPSA) is 38.7 Å². The Morgan fingerprint density at radius 2 is 2.24 bits per heavy atom. The highest BCUT2D eigenvalue weighted by molar-refractivity contribution is 8.13. The van der Waals surface area contributed by atoms with Crippen LogP contribution in [0.4, 0.5) is 0 Å². The van der Waals surface area contributed by atoms with Crippen LogP contribution in [0.25, 0.3) is 0 Å². The Labute approximate surface area is 105 Å². The van der Waals surface area contributed by atoms with Gasteiger partial charge in [0.1, 0.15) is 6.61 Å². The first-order valence-corrected chi connectivity index (χ1v) is 6.80. The van der Waals surface area contributed by atoms with E-state index >= 15 is 0 Å². The first kappa shape index (κ1) is 12.2. The van der Waals surface area contributed by atoms with Crippen molar-refractivity contribution in [3.63, 3.8) is 0 Å². The van der Waals surface area contributed by atoms with Crippen molar-refractivity contribution in [2.45, 2.75) is 13.0 Å². The maximum Gasteiger partial charge on any atom is 0.311 e. The summed E-state index contributed by atoms with van der Waals surface area (Å²) in [6.07, 6.45) is 2.71. The molecule has 1 aliphatic rings. The monoisotopic (exact) mass is 249 g/mol. The number of hydrogen-bond donors (Lipinski definition) is 0. The van der Waals surface area contributed by atoms with Gasteiger partial charge in [0.15, 0.2) is 0 Å². The van der Waals surface area contributed by atoms with Gasteiger partial charge in [-0.1, -0.05) is 30.3 Å². The van der Waals surface area contributed by atoms with Crippen LogP contribution in [0.1, 0.15) is 12.0 Å². The number of ether oxygens (including phenoxy) is 1. The van der Waals surface area contributed by atoms with E-state index in [1.165, 1.54) is 0 Å². The molecule has 0 saturated carbocycles. The summed E-state index contributed by atoms with van der Waals surface area (Å²) < 4.78 is 5.28. The molecule has 0 fully saturated rings. The second-order valence-corrected chi connectivity index (χ2v) is 4.81. The van der Waals surface area contributed by atoms with Gasteiger partial charge in [-0.05, 0) is 11.8 Å². The van der Waals surface area contributed by atoms with Gasteiger partial charge < -0.3 is 4.74 Å². The third kappa shape index (κ3) is 3.33. The van der Waals surface area contributed by atoms with Crippen LogP contribution in [-0.4, -0.2) is 23.8 Å². The Kier molecular flexibility index (Phi) is 4.20. The Morgan fingerprint density at radius 3 is 2.88 bits per heavy atom. The molecular formula is C13H15NO2S. The van der Waals surface area contributed by atoms with Gasteiger partial charge in [0.25, 0.3) is 0 Å². The molecule has 0 aromatic heterocycles. The Bertz CT molecular complexity index is 417. The fourth-order valence-corrected chi connectivity index (χ4v) is 2.28. The smallest absolute Gasteiger partial charge is 0.311 e. The maximum atomic E-state index is 11.8. The van der Waals surface area contributed by atoms with Crippen molar-refractivity contribution < 1.29 is 9.53 Å². The van der Waals surface area contributed by atoms with Gasteiger partial charge >= 0.3 is 5.97 Å². The average molecular weight is 249 g/mol. The maximum absolute atomic E-state index is 11.8. The zero-order chi connectivity index (χ0) is 12.1. The zero-order valence-electron chi connectivity index (χ0n) is 9.76. The average Bonchev–Trinajstić information content (AvgIpc) is 2.86. The molecule has 1 unspecified atom stereocenters. The van der Waals surface area contributed by atoms with E-state index in [4.69, 9.17) is 4.74 Å². The molecule has 1 aromatic carbocycles. The van der Waals surface area contributed by atoms with Crippen LogP contribution in [0, 0.1) is 5.92 Å². The lowest BCUT2D eigenvalue weighted by atomic mass is 10.1. The molecule has 0 saturated heterocycles. The molecule has 0 radical (unpaired) electrons. The highest BCUT2D eigenvalue weighted by atomic mass is 32.2. The van der Waals surface area contributed by atoms with Gasteiger partial charge in [0.2, 0.25) is 0 Å². The van der Waals surface area contributed by atoms with E-state index in [9.17, 15) is 4.79 Å².